The topological polar surface area (TPSA) is 44.7 Å². The number of para-hydroxylation sites is 1. The van der Waals surface area contributed by atoms with E-state index in [1.165, 1.54) is 5.69 Å². The van der Waals surface area contributed by atoms with E-state index in [0.717, 1.165) is 38.3 Å². The van der Waals surface area contributed by atoms with Gasteiger partial charge < -0.3 is 20.1 Å². The molecule has 1 atom stereocenters. The van der Waals surface area contributed by atoms with Crippen molar-refractivity contribution in [1.29, 1.82) is 0 Å². The lowest BCUT2D eigenvalue weighted by atomic mass is 10.2. The Bertz CT molecular complexity index is 589. The molecule has 1 fully saturated rings. The van der Waals surface area contributed by atoms with Crippen molar-refractivity contribution in [3.05, 3.63) is 60.2 Å². The number of phenols is 1. The molecule has 0 aromatic heterocycles. The number of phenolic OH excluding ortho intramolecular Hbond substituents is 1. The number of nitrogens with one attached hydrogen (secondary N) is 1. The molecular formula is C18H22N2O2. The van der Waals surface area contributed by atoms with Crippen LogP contribution in [-0.2, 0) is 11.3 Å². The van der Waals surface area contributed by atoms with Crippen molar-refractivity contribution < 1.29 is 9.84 Å². The number of hydrogen-bond acceptors (Lipinski definition) is 4. The fraction of sp³-hybridized carbons (Fsp3) is 0.333. The molecule has 0 spiro atoms. The standard InChI is InChI=1S/C18H22N2O2/c21-17-8-4-5-15(11-17)12-19-13-18-14-20(9-10-22-18)16-6-2-1-3-7-16/h1-8,11,18-19,21H,9-10,12-14H2. The van der Waals surface area contributed by atoms with Gasteiger partial charge in [0.1, 0.15) is 5.75 Å². The van der Waals surface area contributed by atoms with Gasteiger partial charge in [0.2, 0.25) is 0 Å². The highest BCUT2D eigenvalue weighted by atomic mass is 16.5. The largest absolute Gasteiger partial charge is 0.508 e. The summed E-state index contributed by atoms with van der Waals surface area (Å²) in [5, 5.41) is 12.9. The lowest BCUT2D eigenvalue weighted by molar-refractivity contribution is 0.0407. The van der Waals surface area contributed by atoms with Gasteiger partial charge in [-0.15, -0.1) is 0 Å². The Labute approximate surface area is 131 Å². The molecule has 116 valence electrons. The third kappa shape index (κ3) is 4.00. The second kappa shape index (κ2) is 7.29. The number of morpholine rings is 1. The van der Waals surface area contributed by atoms with Crippen LogP contribution in [0.5, 0.6) is 5.75 Å². The molecule has 4 heteroatoms. The molecule has 1 unspecified atom stereocenters. The summed E-state index contributed by atoms with van der Waals surface area (Å²) in [6, 6.07) is 17.8. The number of nitrogens with zero attached hydrogens (tertiary/aromatic N) is 1. The predicted octanol–water partition coefficient (Wildman–Crippen LogP) is 2.39. The molecule has 0 saturated carbocycles. The van der Waals surface area contributed by atoms with Crippen LogP contribution >= 0.6 is 0 Å². The van der Waals surface area contributed by atoms with Crippen LogP contribution in [-0.4, -0.2) is 37.5 Å². The molecule has 2 aromatic carbocycles. The molecule has 1 heterocycles. The van der Waals surface area contributed by atoms with E-state index < -0.39 is 0 Å². The van der Waals surface area contributed by atoms with Crippen LogP contribution in [0, 0.1) is 0 Å². The summed E-state index contributed by atoms with van der Waals surface area (Å²) in [4.78, 5) is 2.37. The minimum absolute atomic E-state index is 0.186. The van der Waals surface area contributed by atoms with Crippen LogP contribution in [0.4, 0.5) is 5.69 Å². The van der Waals surface area contributed by atoms with Gasteiger partial charge in [0.15, 0.2) is 0 Å². The van der Waals surface area contributed by atoms with Gasteiger partial charge in [-0.25, -0.2) is 0 Å². The third-order valence-corrected chi connectivity index (χ3v) is 3.87. The molecule has 0 aliphatic carbocycles. The summed E-state index contributed by atoms with van der Waals surface area (Å²) in [6.45, 7) is 4.13. The lowest BCUT2D eigenvalue weighted by Crippen LogP contribution is -2.46. The van der Waals surface area contributed by atoms with Crippen molar-refractivity contribution in [2.45, 2.75) is 12.6 Å². The quantitative estimate of drug-likeness (QED) is 0.889. The van der Waals surface area contributed by atoms with Gasteiger partial charge in [-0.05, 0) is 29.8 Å². The van der Waals surface area contributed by atoms with Crippen molar-refractivity contribution in [1.82, 2.24) is 5.32 Å². The second-order valence-electron chi connectivity index (χ2n) is 5.58. The van der Waals surface area contributed by atoms with Crippen LogP contribution in [0.25, 0.3) is 0 Å². The van der Waals surface area contributed by atoms with E-state index in [0.29, 0.717) is 5.75 Å². The Hall–Kier alpha value is -2.04. The Morgan fingerprint density at radius 3 is 2.82 bits per heavy atom. The molecule has 22 heavy (non-hydrogen) atoms. The molecule has 0 radical (unpaired) electrons. The highest BCUT2D eigenvalue weighted by Gasteiger charge is 2.20. The maximum Gasteiger partial charge on any atom is 0.115 e. The first-order valence-electron chi connectivity index (χ1n) is 7.71. The lowest BCUT2D eigenvalue weighted by Gasteiger charge is -2.34. The van der Waals surface area contributed by atoms with E-state index in [2.05, 4.69) is 34.5 Å². The van der Waals surface area contributed by atoms with E-state index in [1.807, 2.05) is 18.2 Å². The summed E-state index contributed by atoms with van der Waals surface area (Å²) in [5.41, 5.74) is 2.33. The van der Waals surface area contributed by atoms with Crippen LogP contribution in [0.1, 0.15) is 5.56 Å². The van der Waals surface area contributed by atoms with Crippen LogP contribution in [0.15, 0.2) is 54.6 Å². The number of aromatic hydroxyl groups is 1. The maximum atomic E-state index is 9.46. The Morgan fingerprint density at radius 2 is 2.00 bits per heavy atom. The van der Waals surface area contributed by atoms with Gasteiger partial charge in [-0.2, -0.15) is 0 Å². The first-order chi connectivity index (χ1) is 10.8. The van der Waals surface area contributed by atoms with Gasteiger partial charge in [-0.3, -0.25) is 0 Å². The summed E-state index contributed by atoms with van der Waals surface area (Å²) >= 11 is 0. The number of ether oxygens (including phenoxy) is 1. The SMILES string of the molecule is Oc1cccc(CNCC2CN(c3ccccc3)CCO2)c1. The molecule has 4 nitrogen and oxygen atoms in total. The summed E-state index contributed by atoms with van der Waals surface area (Å²) in [6.07, 6.45) is 0.186. The summed E-state index contributed by atoms with van der Waals surface area (Å²) in [5.74, 6) is 0.309. The van der Waals surface area contributed by atoms with Crippen molar-refractivity contribution in [2.75, 3.05) is 31.1 Å². The number of anilines is 1. The van der Waals surface area contributed by atoms with E-state index in [-0.39, 0.29) is 6.10 Å². The first-order valence-corrected chi connectivity index (χ1v) is 7.71. The number of hydrogen-bond donors (Lipinski definition) is 2. The average Bonchev–Trinajstić information content (AvgIpc) is 2.56. The molecule has 0 bridgehead atoms. The predicted molar refractivity (Wildman–Crippen MR) is 88.2 cm³/mol. The number of rotatable bonds is 5. The molecule has 1 aliphatic heterocycles. The minimum atomic E-state index is 0.186. The van der Waals surface area contributed by atoms with E-state index in [9.17, 15) is 5.11 Å². The zero-order valence-corrected chi connectivity index (χ0v) is 12.6. The van der Waals surface area contributed by atoms with E-state index >= 15 is 0 Å². The second-order valence-corrected chi connectivity index (χ2v) is 5.58. The fourth-order valence-electron chi connectivity index (χ4n) is 2.76. The molecule has 2 aromatic rings. The zero-order chi connectivity index (χ0) is 15.2. The fourth-order valence-corrected chi connectivity index (χ4v) is 2.76. The Balaban J connectivity index is 1.48. The zero-order valence-electron chi connectivity index (χ0n) is 12.6. The first kappa shape index (κ1) is 14.9. The number of benzene rings is 2. The highest BCUT2D eigenvalue weighted by molar-refractivity contribution is 5.46. The smallest absolute Gasteiger partial charge is 0.115 e. The van der Waals surface area contributed by atoms with Crippen LogP contribution in [0.2, 0.25) is 0 Å². The average molecular weight is 298 g/mol. The molecule has 3 rings (SSSR count). The van der Waals surface area contributed by atoms with Crippen molar-refractivity contribution in [3.63, 3.8) is 0 Å². The summed E-state index contributed by atoms with van der Waals surface area (Å²) in [7, 11) is 0. The Morgan fingerprint density at radius 1 is 1.14 bits per heavy atom. The van der Waals surface area contributed by atoms with Gasteiger partial charge in [0.05, 0.1) is 12.7 Å². The normalized spacial score (nSPS) is 18.4. The van der Waals surface area contributed by atoms with Gasteiger partial charge in [-0.1, -0.05) is 30.3 Å². The maximum absolute atomic E-state index is 9.46. The molecular weight excluding hydrogens is 276 g/mol. The molecule has 1 saturated heterocycles. The van der Waals surface area contributed by atoms with Crippen LogP contribution in [0.3, 0.4) is 0 Å². The third-order valence-electron chi connectivity index (χ3n) is 3.87. The monoisotopic (exact) mass is 298 g/mol. The molecule has 1 aliphatic rings. The molecule has 0 amide bonds. The van der Waals surface area contributed by atoms with E-state index in [1.54, 1.807) is 12.1 Å². The van der Waals surface area contributed by atoms with E-state index in [4.69, 9.17) is 4.74 Å². The minimum Gasteiger partial charge on any atom is -0.508 e. The van der Waals surface area contributed by atoms with Crippen molar-refractivity contribution >= 4 is 5.69 Å². The van der Waals surface area contributed by atoms with Crippen molar-refractivity contribution in [2.24, 2.45) is 0 Å². The van der Waals surface area contributed by atoms with Gasteiger partial charge in [0.25, 0.3) is 0 Å². The Kier molecular flexibility index (Phi) is 4.93. The summed E-state index contributed by atoms with van der Waals surface area (Å²) < 4.78 is 5.84. The van der Waals surface area contributed by atoms with Crippen molar-refractivity contribution in [3.8, 4) is 5.75 Å². The van der Waals surface area contributed by atoms with Crippen LogP contribution < -0.4 is 10.2 Å². The van der Waals surface area contributed by atoms with Gasteiger partial charge >= 0.3 is 0 Å². The molecule has 2 N–H and O–H groups in total. The van der Waals surface area contributed by atoms with Gasteiger partial charge in [0, 0.05) is 31.9 Å². The highest BCUT2D eigenvalue weighted by Crippen LogP contribution is 2.17.